The lowest BCUT2D eigenvalue weighted by molar-refractivity contribution is 0.0931. The molecule has 2 aromatic heterocycles. The summed E-state index contributed by atoms with van der Waals surface area (Å²) in [5.74, 6) is 2.86. The van der Waals surface area contributed by atoms with Crippen LogP contribution in [0.15, 0.2) is 52.8 Å². The van der Waals surface area contributed by atoms with E-state index in [1.54, 1.807) is 11.3 Å². The first kappa shape index (κ1) is 23.0. The Kier molecular flexibility index (Phi) is 9.05. The molecule has 0 aliphatic rings. The zero-order valence-electron chi connectivity index (χ0n) is 18.5. The lowest BCUT2D eigenvalue weighted by atomic mass is 10.2. The maximum absolute atomic E-state index is 5.87. The lowest BCUT2D eigenvalue weighted by Crippen LogP contribution is -2.41. The van der Waals surface area contributed by atoms with Crippen LogP contribution < -0.4 is 10.6 Å². The molecule has 166 valence electrons. The van der Waals surface area contributed by atoms with Crippen molar-refractivity contribution in [2.45, 2.75) is 33.4 Å². The van der Waals surface area contributed by atoms with Crippen LogP contribution in [0.1, 0.15) is 29.0 Å². The topological polar surface area (TPSA) is 76.4 Å². The Bertz CT molecular complexity index is 923. The van der Waals surface area contributed by atoms with E-state index >= 15 is 0 Å². The second kappa shape index (κ2) is 12.2. The minimum Gasteiger partial charge on any atom is -0.376 e. The average Bonchev–Trinajstić information content (AvgIpc) is 3.41. The van der Waals surface area contributed by atoms with Gasteiger partial charge in [0.1, 0.15) is 12.4 Å². The summed E-state index contributed by atoms with van der Waals surface area (Å²) in [6.07, 6.45) is 0.969. The first-order valence-electron chi connectivity index (χ1n) is 10.6. The summed E-state index contributed by atoms with van der Waals surface area (Å²) in [5, 5.41) is 17.3. The van der Waals surface area contributed by atoms with E-state index < -0.39 is 0 Å². The van der Waals surface area contributed by atoms with Crippen LogP contribution in [0.3, 0.4) is 0 Å². The maximum atomic E-state index is 5.87. The van der Waals surface area contributed by atoms with Gasteiger partial charge < -0.3 is 19.9 Å². The van der Waals surface area contributed by atoms with Gasteiger partial charge in [0.15, 0.2) is 11.8 Å². The predicted molar refractivity (Wildman–Crippen MR) is 126 cm³/mol. The van der Waals surface area contributed by atoms with E-state index in [1.165, 1.54) is 10.4 Å². The third-order valence-electron chi connectivity index (χ3n) is 4.94. The second-order valence-corrected chi connectivity index (χ2v) is 8.66. The van der Waals surface area contributed by atoms with Gasteiger partial charge in [0.05, 0.1) is 13.2 Å². The van der Waals surface area contributed by atoms with Crippen LogP contribution in [0.5, 0.6) is 0 Å². The highest BCUT2D eigenvalue weighted by atomic mass is 32.1. The van der Waals surface area contributed by atoms with E-state index in [-0.39, 0.29) is 0 Å². The van der Waals surface area contributed by atoms with Crippen molar-refractivity contribution >= 4 is 17.3 Å². The summed E-state index contributed by atoms with van der Waals surface area (Å²) in [6, 6.07) is 14.5. The first-order valence-corrected chi connectivity index (χ1v) is 11.5. The summed E-state index contributed by atoms with van der Waals surface area (Å²) in [6.45, 7) is 7.51. The summed E-state index contributed by atoms with van der Waals surface area (Å²) in [7, 11) is 1.96. The van der Waals surface area contributed by atoms with Crippen molar-refractivity contribution in [3.05, 3.63) is 69.9 Å². The third-order valence-corrected chi connectivity index (χ3v) is 5.87. The Morgan fingerprint density at radius 2 is 2.00 bits per heavy atom. The van der Waals surface area contributed by atoms with Gasteiger partial charge in [-0.3, -0.25) is 0 Å². The summed E-state index contributed by atoms with van der Waals surface area (Å²) >= 11 is 1.78. The molecule has 1 aromatic carbocycles. The van der Waals surface area contributed by atoms with Crippen LogP contribution in [0.2, 0.25) is 0 Å². The van der Waals surface area contributed by atoms with Gasteiger partial charge in [-0.2, -0.15) is 0 Å². The molecule has 0 fully saturated rings. The molecule has 0 saturated heterocycles. The van der Waals surface area contributed by atoms with Crippen LogP contribution >= 0.6 is 11.3 Å². The number of nitrogens with one attached hydrogen (secondary N) is 2. The summed E-state index contributed by atoms with van der Waals surface area (Å²) in [4.78, 5) is 6.08. The van der Waals surface area contributed by atoms with Crippen LogP contribution in [0, 0.1) is 12.8 Å². The number of benzene rings is 1. The van der Waals surface area contributed by atoms with Gasteiger partial charge in [-0.05, 0) is 36.3 Å². The van der Waals surface area contributed by atoms with Crippen LogP contribution in [0.4, 0.5) is 0 Å². The van der Waals surface area contributed by atoms with Crippen LogP contribution in [-0.2, 0) is 31.4 Å². The molecule has 1 atom stereocenters. The molecular formula is C23H32N6OS. The van der Waals surface area contributed by atoms with E-state index in [9.17, 15) is 0 Å². The Balaban J connectivity index is 1.48. The number of nitrogens with zero attached hydrogens (tertiary/aromatic N) is 4. The van der Waals surface area contributed by atoms with Crippen molar-refractivity contribution in [3.8, 4) is 0 Å². The number of hydrogen-bond acceptors (Lipinski definition) is 5. The fraction of sp³-hybridized carbons (Fsp3) is 0.435. The standard InChI is InChI=1S/C23H32N6OS/c1-18(16-30-17-20-8-5-4-6-9-20)14-25-23(24-12-11-21-10-7-13-31-21)26-15-22-28-27-19(2)29(22)3/h4-10,13,18H,11-12,14-17H2,1-3H3,(H2,24,25,26). The molecule has 31 heavy (non-hydrogen) atoms. The Labute approximate surface area is 188 Å². The fourth-order valence-electron chi connectivity index (χ4n) is 2.95. The Morgan fingerprint density at radius 1 is 1.16 bits per heavy atom. The van der Waals surface area contributed by atoms with Crippen molar-refractivity contribution < 1.29 is 4.74 Å². The molecule has 1 unspecified atom stereocenters. The number of rotatable bonds is 11. The number of hydrogen-bond donors (Lipinski definition) is 2. The Hall–Kier alpha value is -2.71. The number of aromatic nitrogens is 3. The van der Waals surface area contributed by atoms with Gasteiger partial charge in [0.2, 0.25) is 0 Å². The largest absolute Gasteiger partial charge is 0.376 e. The maximum Gasteiger partial charge on any atom is 0.191 e. The van der Waals surface area contributed by atoms with E-state index in [4.69, 9.17) is 9.73 Å². The van der Waals surface area contributed by atoms with E-state index in [1.807, 2.05) is 36.7 Å². The van der Waals surface area contributed by atoms with Crippen molar-refractivity contribution in [2.24, 2.45) is 18.0 Å². The highest BCUT2D eigenvalue weighted by Crippen LogP contribution is 2.08. The molecule has 2 N–H and O–H groups in total. The van der Waals surface area contributed by atoms with Crippen molar-refractivity contribution in [3.63, 3.8) is 0 Å². The number of thiophene rings is 1. The molecule has 7 nitrogen and oxygen atoms in total. The van der Waals surface area contributed by atoms with E-state index in [0.717, 1.165) is 37.1 Å². The SMILES string of the molecule is Cc1nnc(CN=C(NCCc2cccs2)NCC(C)COCc2ccccc2)n1C. The van der Waals surface area contributed by atoms with Gasteiger partial charge >= 0.3 is 0 Å². The Morgan fingerprint density at radius 3 is 2.71 bits per heavy atom. The third kappa shape index (κ3) is 7.80. The molecule has 3 rings (SSSR count). The molecule has 0 saturated carbocycles. The van der Waals surface area contributed by atoms with Gasteiger partial charge in [-0.1, -0.05) is 43.3 Å². The van der Waals surface area contributed by atoms with Gasteiger partial charge in [0, 0.05) is 25.0 Å². The fourth-order valence-corrected chi connectivity index (χ4v) is 3.66. The first-order chi connectivity index (χ1) is 15.1. The van der Waals surface area contributed by atoms with Crippen LogP contribution in [0.25, 0.3) is 0 Å². The molecule has 0 spiro atoms. The second-order valence-electron chi connectivity index (χ2n) is 7.63. The normalized spacial score (nSPS) is 12.7. The smallest absolute Gasteiger partial charge is 0.191 e. The van der Waals surface area contributed by atoms with Gasteiger partial charge in [-0.25, -0.2) is 4.99 Å². The molecule has 0 amide bonds. The lowest BCUT2D eigenvalue weighted by Gasteiger charge is -2.17. The number of aryl methyl sites for hydroxylation is 1. The number of aliphatic imine (C=N–C) groups is 1. The van der Waals surface area contributed by atoms with Crippen molar-refractivity contribution in [1.82, 2.24) is 25.4 Å². The molecule has 0 radical (unpaired) electrons. The average molecular weight is 441 g/mol. The minimum absolute atomic E-state index is 0.352. The molecule has 0 bridgehead atoms. The molecule has 0 aliphatic heterocycles. The molecule has 2 heterocycles. The van der Waals surface area contributed by atoms with Crippen molar-refractivity contribution in [1.29, 1.82) is 0 Å². The highest BCUT2D eigenvalue weighted by Gasteiger charge is 2.08. The highest BCUT2D eigenvalue weighted by molar-refractivity contribution is 7.09. The molecule has 8 heteroatoms. The quantitative estimate of drug-likeness (QED) is 0.353. The van der Waals surface area contributed by atoms with Crippen molar-refractivity contribution in [2.75, 3.05) is 19.7 Å². The zero-order valence-corrected chi connectivity index (χ0v) is 19.4. The van der Waals surface area contributed by atoms with Gasteiger partial charge in [0.25, 0.3) is 0 Å². The van der Waals surface area contributed by atoms with E-state index in [0.29, 0.717) is 25.7 Å². The number of guanidine groups is 1. The van der Waals surface area contributed by atoms with Crippen LogP contribution in [-0.4, -0.2) is 40.4 Å². The molecule has 3 aromatic rings. The monoisotopic (exact) mass is 440 g/mol. The molecular weight excluding hydrogens is 408 g/mol. The zero-order chi connectivity index (χ0) is 21.9. The summed E-state index contributed by atoms with van der Waals surface area (Å²) in [5.41, 5.74) is 1.19. The minimum atomic E-state index is 0.352. The molecule has 0 aliphatic carbocycles. The van der Waals surface area contributed by atoms with Gasteiger partial charge in [-0.15, -0.1) is 21.5 Å². The predicted octanol–water partition coefficient (Wildman–Crippen LogP) is 3.32. The van der Waals surface area contributed by atoms with E-state index in [2.05, 4.69) is 57.4 Å². The summed E-state index contributed by atoms with van der Waals surface area (Å²) < 4.78 is 7.84. The number of ether oxygens (including phenoxy) is 1.